The third kappa shape index (κ3) is 3.37. The van der Waals surface area contributed by atoms with Crippen LogP contribution in [0.4, 0.5) is 0 Å². The van der Waals surface area contributed by atoms with Crippen molar-refractivity contribution in [1.29, 1.82) is 0 Å². The van der Waals surface area contributed by atoms with Gasteiger partial charge >= 0.3 is 0 Å². The van der Waals surface area contributed by atoms with E-state index in [1.54, 1.807) is 7.11 Å². The van der Waals surface area contributed by atoms with Gasteiger partial charge in [-0.05, 0) is 25.0 Å². The number of likely N-dealkylation sites (tertiary alicyclic amines) is 1. The number of benzene rings is 1. The molecular weight excluding hydrogens is 230 g/mol. The molecule has 0 amide bonds. The van der Waals surface area contributed by atoms with Gasteiger partial charge in [-0.1, -0.05) is 12.1 Å². The van der Waals surface area contributed by atoms with Crippen LogP contribution in [0.2, 0.25) is 0 Å². The molecule has 0 unspecified atom stereocenters. The molecule has 2 rings (SSSR count). The van der Waals surface area contributed by atoms with E-state index in [2.05, 4.69) is 4.90 Å². The van der Waals surface area contributed by atoms with E-state index in [1.807, 2.05) is 24.3 Å². The van der Waals surface area contributed by atoms with Crippen LogP contribution in [0.3, 0.4) is 0 Å². The number of para-hydroxylation sites is 2. The Hall–Kier alpha value is -1.26. The predicted molar refractivity (Wildman–Crippen MR) is 70.2 cm³/mol. The highest BCUT2D eigenvalue weighted by molar-refractivity contribution is 5.39. The van der Waals surface area contributed by atoms with Gasteiger partial charge in [-0.2, -0.15) is 0 Å². The first kappa shape index (κ1) is 13.2. The van der Waals surface area contributed by atoms with Gasteiger partial charge in [-0.25, -0.2) is 0 Å². The van der Waals surface area contributed by atoms with E-state index in [4.69, 9.17) is 14.6 Å². The molecule has 4 heteroatoms. The molecule has 0 aliphatic carbocycles. The van der Waals surface area contributed by atoms with Crippen LogP contribution in [0.15, 0.2) is 24.3 Å². The van der Waals surface area contributed by atoms with Gasteiger partial charge in [0.15, 0.2) is 11.5 Å². The lowest BCUT2D eigenvalue weighted by Crippen LogP contribution is -2.26. The molecular formula is C14H21NO3. The highest BCUT2D eigenvalue weighted by Gasteiger charge is 2.24. The van der Waals surface area contributed by atoms with E-state index in [0.29, 0.717) is 0 Å². The van der Waals surface area contributed by atoms with Gasteiger partial charge in [0, 0.05) is 26.2 Å². The fourth-order valence-corrected chi connectivity index (χ4v) is 2.29. The van der Waals surface area contributed by atoms with Crippen molar-refractivity contribution in [2.24, 2.45) is 0 Å². The largest absolute Gasteiger partial charge is 0.493 e. The summed E-state index contributed by atoms with van der Waals surface area (Å²) in [7, 11) is 1.66. The fourth-order valence-electron chi connectivity index (χ4n) is 2.29. The smallest absolute Gasteiger partial charge is 0.161 e. The summed E-state index contributed by atoms with van der Waals surface area (Å²) in [5.74, 6) is 1.60. The normalized spacial score (nSPS) is 20.0. The van der Waals surface area contributed by atoms with Gasteiger partial charge in [0.25, 0.3) is 0 Å². The number of ether oxygens (including phenoxy) is 2. The summed E-state index contributed by atoms with van der Waals surface area (Å²) in [6.07, 6.45) is 2.09. The second-order valence-electron chi connectivity index (χ2n) is 4.56. The molecule has 1 aliphatic heterocycles. The van der Waals surface area contributed by atoms with E-state index in [-0.39, 0.29) is 12.7 Å². The average molecular weight is 251 g/mol. The minimum Gasteiger partial charge on any atom is -0.493 e. The standard InChI is InChI=1S/C14H21NO3/c1-17-13-5-2-3-6-14(13)18-12-7-9-15(11-12)8-4-10-16/h2-3,5-6,12,16H,4,7-11H2,1H3/t12-/m0/s1. The topological polar surface area (TPSA) is 41.9 Å². The number of rotatable bonds is 6. The van der Waals surface area contributed by atoms with E-state index in [1.165, 1.54) is 0 Å². The molecule has 100 valence electrons. The first-order chi connectivity index (χ1) is 8.83. The molecule has 18 heavy (non-hydrogen) atoms. The Bertz CT molecular complexity index is 370. The van der Waals surface area contributed by atoms with Crippen LogP contribution in [0.5, 0.6) is 11.5 Å². The van der Waals surface area contributed by atoms with Gasteiger partial charge < -0.3 is 14.6 Å². The highest BCUT2D eigenvalue weighted by Crippen LogP contribution is 2.28. The Labute approximate surface area is 108 Å². The van der Waals surface area contributed by atoms with Gasteiger partial charge in [-0.15, -0.1) is 0 Å². The Morgan fingerprint density at radius 1 is 1.33 bits per heavy atom. The van der Waals surface area contributed by atoms with E-state index in [9.17, 15) is 0 Å². The monoisotopic (exact) mass is 251 g/mol. The molecule has 1 aromatic rings. The number of methoxy groups -OCH3 is 1. The number of hydrogen-bond donors (Lipinski definition) is 1. The van der Waals surface area contributed by atoms with Gasteiger partial charge in [0.1, 0.15) is 6.10 Å². The van der Waals surface area contributed by atoms with Gasteiger partial charge in [0.05, 0.1) is 7.11 Å². The zero-order chi connectivity index (χ0) is 12.8. The maximum atomic E-state index is 8.82. The molecule has 1 heterocycles. The van der Waals surface area contributed by atoms with Crippen LogP contribution in [-0.4, -0.2) is 49.5 Å². The van der Waals surface area contributed by atoms with E-state index >= 15 is 0 Å². The second-order valence-corrected chi connectivity index (χ2v) is 4.56. The molecule has 0 bridgehead atoms. The zero-order valence-electron chi connectivity index (χ0n) is 10.8. The molecule has 1 atom stereocenters. The SMILES string of the molecule is COc1ccccc1O[C@H]1CCN(CCCO)C1. The van der Waals surface area contributed by atoms with E-state index in [0.717, 1.165) is 44.0 Å². The Morgan fingerprint density at radius 2 is 2.11 bits per heavy atom. The molecule has 1 fully saturated rings. The van der Waals surface area contributed by atoms with Gasteiger partial charge in [-0.3, -0.25) is 4.90 Å². The van der Waals surface area contributed by atoms with Crippen LogP contribution in [0.1, 0.15) is 12.8 Å². The van der Waals surface area contributed by atoms with Crippen LogP contribution in [-0.2, 0) is 0 Å². The molecule has 1 aliphatic rings. The first-order valence-corrected chi connectivity index (χ1v) is 6.46. The van der Waals surface area contributed by atoms with Crippen LogP contribution in [0, 0.1) is 0 Å². The van der Waals surface area contributed by atoms with Crippen molar-refractivity contribution in [3.8, 4) is 11.5 Å². The summed E-state index contributed by atoms with van der Waals surface area (Å²) in [6, 6.07) is 7.74. The second kappa shape index (κ2) is 6.61. The lowest BCUT2D eigenvalue weighted by atomic mass is 10.3. The molecule has 1 saturated heterocycles. The summed E-state index contributed by atoms with van der Waals surface area (Å²) in [5, 5.41) is 8.82. The molecule has 1 aromatic carbocycles. The number of aliphatic hydroxyl groups excluding tert-OH is 1. The summed E-state index contributed by atoms with van der Waals surface area (Å²) < 4.78 is 11.3. The van der Waals surface area contributed by atoms with Crippen molar-refractivity contribution in [3.05, 3.63) is 24.3 Å². The Morgan fingerprint density at radius 3 is 2.83 bits per heavy atom. The van der Waals surface area contributed by atoms with Crippen molar-refractivity contribution in [3.63, 3.8) is 0 Å². The molecule has 0 spiro atoms. The third-order valence-electron chi connectivity index (χ3n) is 3.22. The third-order valence-corrected chi connectivity index (χ3v) is 3.22. The van der Waals surface area contributed by atoms with Crippen LogP contribution >= 0.6 is 0 Å². The first-order valence-electron chi connectivity index (χ1n) is 6.46. The zero-order valence-corrected chi connectivity index (χ0v) is 10.8. The van der Waals surface area contributed by atoms with Crippen molar-refractivity contribution < 1.29 is 14.6 Å². The lowest BCUT2D eigenvalue weighted by molar-refractivity contribution is 0.186. The maximum absolute atomic E-state index is 8.82. The summed E-state index contributed by atoms with van der Waals surface area (Å²) >= 11 is 0. The molecule has 0 saturated carbocycles. The molecule has 0 radical (unpaired) electrons. The Kier molecular flexibility index (Phi) is 4.84. The number of aliphatic hydroxyl groups is 1. The number of hydrogen-bond acceptors (Lipinski definition) is 4. The summed E-state index contributed by atoms with van der Waals surface area (Å²) in [6.45, 7) is 3.18. The van der Waals surface area contributed by atoms with E-state index < -0.39 is 0 Å². The van der Waals surface area contributed by atoms with Crippen LogP contribution < -0.4 is 9.47 Å². The summed E-state index contributed by atoms with van der Waals surface area (Å²) in [5.41, 5.74) is 0. The minimum absolute atomic E-state index is 0.222. The van der Waals surface area contributed by atoms with Crippen molar-refractivity contribution in [1.82, 2.24) is 4.90 Å². The quantitative estimate of drug-likeness (QED) is 0.832. The molecule has 1 N–H and O–H groups in total. The van der Waals surface area contributed by atoms with Crippen molar-refractivity contribution >= 4 is 0 Å². The predicted octanol–water partition coefficient (Wildman–Crippen LogP) is 1.53. The van der Waals surface area contributed by atoms with Crippen molar-refractivity contribution in [2.45, 2.75) is 18.9 Å². The summed E-state index contributed by atoms with van der Waals surface area (Å²) in [4.78, 5) is 2.33. The Balaban J connectivity index is 1.87. The average Bonchev–Trinajstić information content (AvgIpc) is 2.84. The van der Waals surface area contributed by atoms with Crippen molar-refractivity contribution in [2.75, 3.05) is 33.4 Å². The lowest BCUT2D eigenvalue weighted by Gasteiger charge is -2.17. The number of nitrogens with zero attached hydrogens (tertiary/aromatic N) is 1. The minimum atomic E-state index is 0.222. The highest BCUT2D eigenvalue weighted by atomic mass is 16.5. The maximum Gasteiger partial charge on any atom is 0.161 e. The molecule has 0 aromatic heterocycles. The van der Waals surface area contributed by atoms with Gasteiger partial charge in [0.2, 0.25) is 0 Å². The fraction of sp³-hybridized carbons (Fsp3) is 0.571. The molecule has 4 nitrogen and oxygen atoms in total. The van der Waals surface area contributed by atoms with Crippen LogP contribution in [0.25, 0.3) is 0 Å².